The molecule has 2 atom stereocenters. The molecule has 3 heterocycles. The van der Waals surface area contributed by atoms with Crippen molar-refractivity contribution in [1.82, 2.24) is 0 Å². The van der Waals surface area contributed by atoms with Crippen LogP contribution in [0.2, 0.25) is 0 Å². The van der Waals surface area contributed by atoms with Gasteiger partial charge in [-0.05, 0) is 44.8 Å². The van der Waals surface area contributed by atoms with Crippen LogP contribution in [0.25, 0.3) is 4.91 Å². The van der Waals surface area contributed by atoms with Gasteiger partial charge in [0.2, 0.25) is 0 Å². The minimum absolute atomic E-state index is 0.125. The zero-order valence-corrected chi connectivity index (χ0v) is 12.3. The van der Waals surface area contributed by atoms with Crippen molar-refractivity contribution in [2.75, 3.05) is 0 Å². The molecule has 1 aliphatic rings. The SMILES string of the molecule is C#CC1C(C#N)=C(c2ccsc2)SC1c1ccsc1. The molecule has 1 aliphatic heterocycles. The first kappa shape index (κ1) is 12.6. The maximum Gasteiger partial charge on any atom is 0.0972 e. The molecule has 0 aliphatic carbocycles. The molecule has 0 fully saturated rings. The monoisotopic (exact) mass is 299 g/mol. The van der Waals surface area contributed by atoms with Gasteiger partial charge in [-0.1, -0.05) is 5.92 Å². The Morgan fingerprint density at radius 1 is 1.16 bits per heavy atom. The van der Waals surface area contributed by atoms with E-state index in [9.17, 15) is 5.26 Å². The average Bonchev–Trinajstić information content (AvgIpc) is 3.16. The van der Waals surface area contributed by atoms with Gasteiger partial charge >= 0.3 is 0 Å². The first-order valence-electron chi connectivity index (χ1n) is 5.67. The van der Waals surface area contributed by atoms with E-state index in [1.54, 1.807) is 34.4 Å². The summed E-state index contributed by atoms with van der Waals surface area (Å²) in [6.07, 6.45) is 5.67. The fourth-order valence-electron chi connectivity index (χ4n) is 2.16. The largest absolute Gasteiger partial charge is 0.193 e. The van der Waals surface area contributed by atoms with Crippen molar-refractivity contribution < 1.29 is 0 Å². The van der Waals surface area contributed by atoms with E-state index in [2.05, 4.69) is 34.2 Å². The van der Waals surface area contributed by atoms with Gasteiger partial charge in [-0.25, -0.2) is 0 Å². The fourth-order valence-corrected chi connectivity index (χ4v) is 5.11. The van der Waals surface area contributed by atoms with Gasteiger partial charge in [-0.15, -0.1) is 18.2 Å². The van der Waals surface area contributed by atoms with Crippen LogP contribution in [-0.2, 0) is 0 Å². The fraction of sp³-hybridized carbons (Fsp3) is 0.133. The first-order chi connectivity index (χ1) is 9.35. The number of nitrogens with zero attached hydrogens (tertiary/aromatic N) is 1. The van der Waals surface area contributed by atoms with Crippen LogP contribution in [0.1, 0.15) is 16.4 Å². The second kappa shape index (κ2) is 5.27. The molecule has 0 amide bonds. The molecule has 92 valence electrons. The van der Waals surface area contributed by atoms with E-state index in [0.29, 0.717) is 0 Å². The van der Waals surface area contributed by atoms with Gasteiger partial charge in [0.15, 0.2) is 0 Å². The van der Waals surface area contributed by atoms with Gasteiger partial charge in [-0.3, -0.25) is 0 Å². The number of nitriles is 1. The molecule has 0 saturated carbocycles. The molecule has 0 radical (unpaired) electrons. The molecule has 3 rings (SSSR count). The zero-order chi connectivity index (χ0) is 13.2. The average molecular weight is 299 g/mol. The molecular formula is C15H9NS3. The highest BCUT2D eigenvalue weighted by molar-refractivity contribution is 8.08. The van der Waals surface area contributed by atoms with Crippen molar-refractivity contribution in [3.63, 3.8) is 0 Å². The van der Waals surface area contributed by atoms with Crippen molar-refractivity contribution in [2.24, 2.45) is 5.92 Å². The molecule has 19 heavy (non-hydrogen) atoms. The van der Waals surface area contributed by atoms with Crippen molar-refractivity contribution in [3.8, 4) is 18.4 Å². The standard InChI is InChI=1S/C15H9NS3/c1-2-12-13(7-16)15(11-4-6-18-9-11)19-14(12)10-3-5-17-8-10/h1,3-6,8-9,12,14H. The zero-order valence-electron chi connectivity index (χ0n) is 9.87. The lowest BCUT2D eigenvalue weighted by Crippen LogP contribution is -2.04. The van der Waals surface area contributed by atoms with Crippen molar-refractivity contribution in [3.05, 3.63) is 50.4 Å². The molecular weight excluding hydrogens is 290 g/mol. The summed E-state index contributed by atoms with van der Waals surface area (Å²) >= 11 is 5.02. The Labute approximate surface area is 124 Å². The lowest BCUT2D eigenvalue weighted by Gasteiger charge is -2.12. The molecule has 0 aromatic carbocycles. The Balaban J connectivity index is 2.05. The molecule has 0 spiro atoms. The molecule has 0 N–H and O–H groups in total. The van der Waals surface area contributed by atoms with Crippen LogP contribution in [0.15, 0.2) is 39.2 Å². The summed E-state index contributed by atoms with van der Waals surface area (Å²) in [5.74, 6) is 2.68. The van der Waals surface area contributed by atoms with Crippen molar-refractivity contribution in [1.29, 1.82) is 5.26 Å². The predicted octanol–water partition coefficient (Wildman–Crippen LogP) is 4.78. The van der Waals surface area contributed by atoms with Crippen LogP contribution >= 0.6 is 34.4 Å². The van der Waals surface area contributed by atoms with Crippen LogP contribution in [0.3, 0.4) is 0 Å². The van der Waals surface area contributed by atoms with Gasteiger partial charge in [0.25, 0.3) is 0 Å². The van der Waals surface area contributed by atoms with E-state index in [0.717, 1.165) is 16.0 Å². The summed E-state index contributed by atoms with van der Waals surface area (Å²) < 4.78 is 0. The van der Waals surface area contributed by atoms with Gasteiger partial charge in [0.1, 0.15) is 0 Å². The highest BCUT2D eigenvalue weighted by atomic mass is 32.2. The maximum atomic E-state index is 9.44. The normalized spacial score (nSPS) is 22.2. The number of allylic oxidation sites excluding steroid dienone is 1. The summed E-state index contributed by atoms with van der Waals surface area (Å²) in [4.78, 5) is 1.04. The van der Waals surface area contributed by atoms with Crippen molar-refractivity contribution >= 4 is 39.3 Å². The quantitative estimate of drug-likeness (QED) is 0.745. The van der Waals surface area contributed by atoms with E-state index in [1.807, 2.05) is 11.4 Å². The lowest BCUT2D eigenvalue weighted by atomic mass is 9.93. The van der Waals surface area contributed by atoms with Gasteiger partial charge < -0.3 is 0 Å². The number of hydrogen-bond acceptors (Lipinski definition) is 4. The number of thioether (sulfide) groups is 1. The highest BCUT2D eigenvalue weighted by Gasteiger charge is 2.36. The van der Waals surface area contributed by atoms with Gasteiger partial charge in [0, 0.05) is 4.91 Å². The van der Waals surface area contributed by atoms with E-state index >= 15 is 0 Å². The third-order valence-corrected chi connectivity index (χ3v) is 5.93. The highest BCUT2D eigenvalue weighted by Crippen LogP contribution is 2.55. The topological polar surface area (TPSA) is 23.8 Å². The third-order valence-electron chi connectivity index (χ3n) is 3.06. The number of hydrogen-bond donors (Lipinski definition) is 0. The molecule has 0 saturated heterocycles. The molecule has 2 unspecified atom stereocenters. The summed E-state index contributed by atoms with van der Waals surface area (Å²) in [6.45, 7) is 0. The Hall–Kier alpha value is -1.46. The van der Waals surface area contributed by atoms with Gasteiger partial charge in [0.05, 0.1) is 22.8 Å². The molecule has 2 aromatic heterocycles. The van der Waals surface area contributed by atoms with Crippen LogP contribution in [-0.4, -0.2) is 0 Å². The smallest absolute Gasteiger partial charge is 0.0972 e. The van der Waals surface area contributed by atoms with Crippen molar-refractivity contribution in [2.45, 2.75) is 5.25 Å². The van der Waals surface area contributed by atoms with E-state index < -0.39 is 0 Å². The predicted molar refractivity (Wildman–Crippen MR) is 83.8 cm³/mol. The lowest BCUT2D eigenvalue weighted by molar-refractivity contribution is 0.803. The minimum atomic E-state index is -0.125. The third kappa shape index (κ3) is 2.13. The molecule has 4 heteroatoms. The Kier molecular flexibility index (Phi) is 3.48. The number of rotatable bonds is 2. The summed E-state index contributed by atoms with van der Waals surface area (Å²) in [5.41, 5.74) is 3.07. The van der Waals surface area contributed by atoms with Gasteiger partial charge in [-0.2, -0.15) is 27.9 Å². The van der Waals surface area contributed by atoms with E-state index in [4.69, 9.17) is 6.42 Å². The van der Waals surface area contributed by atoms with Crippen LogP contribution in [0, 0.1) is 29.6 Å². The Bertz CT molecular complexity index is 681. The molecule has 1 nitrogen and oxygen atoms in total. The Morgan fingerprint density at radius 3 is 2.53 bits per heavy atom. The maximum absolute atomic E-state index is 9.44. The minimum Gasteiger partial charge on any atom is -0.193 e. The molecule has 2 aromatic rings. The number of thiophene rings is 2. The van der Waals surface area contributed by atoms with E-state index in [-0.39, 0.29) is 11.2 Å². The second-order valence-corrected chi connectivity index (χ2v) is 6.82. The van der Waals surface area contributed by atoms with E-state index in [1.165, 1.54) is 5.56 Å². The Morgan fingerprint density at radius 2 is 1.95 bits per heavy atom. The summed E-state index contributed by atoms with van der Waals surface area (Å²) in [6, 6.07) is 6.46. The van der Waals surface area contributed by atoms with Crippen LogP contribution in [0.4, 0.5) is 0 Å². The second-order valence-electron chi connectivity index (χ2n) is 4.11. The molecule has 0 bridgehead atoms. The summed E-state index contributed by atoms with van der Waals surface area (Å²) in [7, 11) is 0. The summed E-state index contributed by atoms with van der Waals surface area (Å²) in [5, 5.41) is 17.9. The number of terminal acetylenes is 1. The van der Waals surface area contributed by atoms with Crippen LogP contribution in [0.5, 0.6) is 0 Å². The van der Waals surface area contributed by atoms with Crippen LogP contribution < -0.4 is 0 Å². The first-order valence-corrected chi connectivity index (χ1v) is 8.43.